The average molecular weight is 406 g/mol. The number of hydrogen-bond acceptors (Lipinski definition) is 6. The van der Waals surface area contributed by atoms with Gasteiger partial charge in [0.1, 0.15) is 9.84 Å². The molecule has 0 bridgehead atoms. The van der Waals surface area contributed by atoms with Crippen molar-refractivity contribution < 1.29 is 0 Å². The normalized spacial score (nSPS) is 11.7. The van der Waals surface area contributed by atoms with Gasteiger partial charge in [-0.15, -0.1) is 22.7 Å². The molecule has 0 aliphatic carbocycles. The van der Waals surface area contributed by atoms with Crippen LogP contribution < -0.4 is 5.32 Å². The van der Waals surface area contributed by atoms with E-state index in [0.29, 0.717) is 0 Å². The minimum Gasteiger partial charge on any atom is -0.361 e. The summed E-state index contributed by atoms with van der Waals surface area (Å²) in [6.45, 7) is 0.863. The second kappa shape index (κ2) is 7.01. The monoisotopic (exact) mass is 405 g/mol. The third-order valence-electron chi connectivity index (χ3n) is 4.52. The Kier molecular flexibility index (Phi) is 4.35. The zero-order valence-corrected chi connectivity index (χ0v) is 17.2. The highest BCUT2D eigenvalue weighted by atomic mass is 32.1. The number of pyridine rings is 1. The zero-order chi connectivity index (χ0) is 19.1. The van der Waals surface area contributed by atoms with E-state index in [9.17, 15) is 0 Å². The van der Waals surface area contributed by atoms with Gasteiger partial charge in [0.2, 0.25) is 0 Å². The van der Waals surface area contributed by atoms with E-state index >= 15 is 0 Å². The molecule has 7 heteroatoms. The van der Waals surface area contributed by atoms with Crippen LogP contribution in [0.5, 0.6) is 0 Å². The lowest BCUT2D eigenvalue weighted by Crippen LogP contribution is -2.10. The first-order valence-corrected chi connectivity index (χ1v) is 10.7. The van der Waals surface area contributed by atoms with Crippen LogP contribution in [0, 0.1) is 0 Å². The molecule has 0 aliphatic rings. The van der Waals surface area contributed by atoms with Crippen molar-refractivity contribution in [2.45, 2.75) is 6.54 Å². The summed E-state index contributed by atoms with van der Waals surface area (Å²) >= 11 is 3.39. The predicted octanol–water partition coefficient (Wildman–Crippen LogP) is 5.71. The fraction of sp³-hybridized carbons (Fsp3) is 0.143. The molecule has 0 spiro atoms. The number of rotatable bonds is 5. The van der Waals surface area contributed by atoms with Gasteiger partial charge in [0.05, 0.1) is 16.3 Å². The molecule has 140 valence electrons. The summed E-state index contributed by atoms with van der Waals surface area (Å²) in [7, 11) is 4.13. The van der Waals surface area contributed by atoms with Crippen LogP contribution in [0.25, 0.3) is 31.7 Å². The van der Waals surface area contributed by atoms with Crippen LogP contribution in [-0.4, -0.2) is 33.9 Å². The molecule has 5 aromatic rings. The number of thiophene rings is 1. The summed E-state index contributed by atoms with van der Waals surface area (Å²) in [5, 5.41) is 9.13. The summed E-state index contributed by atoms with van der Waals surface area (Å²) in [5.74, 6) is 0. The van der Waals surface area contributed by atoms with E-state index in [1.54, 1.807) is 22.7 Å². The lowest BCUT2D eigenvalue weighted by molar-refractivity contribution is 0.402. The van der Waals surface area contributed by atoms with Gasteiger partial charge in [-0.2, -0.15) is 0 Å². The predicted molar refractivity (Wildman–Crippen MR) is 120 cm³/mol. The molecule has 0 amide bonds. The molecule has 0 fully saturated rings. The average Bonchev–Trinajstić information content (AvgIpc) is 3.39. The number of nitrogens with zero attached hydrogens (tertiary/aromatic N) is 3. The highest BCUT2D eigenvalue weighted by Crippen LogP contribution is 2.37. The van der Waals surface area contributed by atoms with Crippen molar-refractivity contribution in [3.63, 3.8) is 0 Å². The molecule has 28 heavy (non-hydrogen) atoms. The molecule has 4 aromatic heterocycles. The number of aromatic amines is 1. The number of thiazole rings is 1. The molecular formula is C21H19N5S2. The van der Waals surface area contributed by atoms with Gasteiger partial charge in [0, 0.05) is 46.3 Å². The molecule has 0 aliphatic heterocycles. The molecule has 0 radical (unpaired) electrons. The Labute approximate surface area is 170 Å². The fourth-order valence-corrected chi connectivity index (χ4v) is 5.20. The Morgan fingerprint density at radius 1 is 1.14 bits per heavy atom. The second-order valence-corrected chi connectivity index (χ2v) is 8.93. The van der Waals surface area contributed by atoms with Gasteiger partial charge >= 0.3 is 0 Å². The minimum atomic E-state index is 0.863. The number of H-pyrrole nitrogens is 1. The second-order valence-electron chi connectivity index (χ2n) is 6.96. The number of nitrogens with one attached hydrogen (secondary N) is 2. The lowest BCUT2D eigenvalue weighted by atomic mass is 10.2. The molecule has 0 unspecified atom stereocenters. The highest BCUT2D eigenvalue weighted by Gasteiger charge is 2.12. The van der Waals surface area contributed by atoms with Crippen molar-refractivity contribution in [1.29, 1.82) is 0 Å². The van der Waals surface area contributed by atoms with Gasteiger partial charge in [0.25, 0.3) is 0 Å². The smallest absolute Gasteiger partial charge is 0.125 e. The number of fused-ring (bicyclic) bond motifs is 2. The van der Waals surface area contributed by atoms with Gasteiger partial charge in [0.15, 0.2) is 0 Å². The topological polar surface area (TPSA) is 56.8 Å². The van der Waals surface area contributed by atoms with E-state index in [4.69, 9.17) is 4.98 Å². The highest BCUT2D eigenvalue weighted by molar-refractivity contribution is 7.22. The largest absolute Gasteiger partial charge is 0.361 e. The molecular weight excluding hydrogens is 386 g/mol. The Morgan fingerprint density at radius 2 is 2.07 bits per heavy atom. The number of anilines is 2. The Hall–Kier alpha value is -2.74. The summed E-state index contributed by atoms with van der Waals surface area (Å²) in [6, 6.07) is 12.6. The molecule has 2 N–H and O–H groups in total. The first kappa shape index (κ1) is 17.4. The number of hydrogen-bond donors (Lipinski definition) is 2. The zero-order valence-electron chi connectivity index (χ0n) is 15.6. The van der Waals surface area contributed by atoms with Gasteiger partial charge in [-0.05, 0) is 50.5 Å². The maximum Gasteiger partial charge on any atom is 0.125 e. The summed E-state index contributed by atoms with van der Waals surface area (Å²) in [6.07, 6.45) is 3.82. The van der Waals surface area contributed by atoms with Crippen LogP contribution in [0.3, 0.4) is 0 Å². The van der Waals surface area contributed by atoms with Crippen molar-refractivity contribution in [3.05, 3.63) is 59.2 Å². The minimum absolute atomic E-state index is 0.863. The Morgan fingerprint density at radius 3 is 2.96 bits per heavy atom. The van der Waals surface area contributed by atoms with Crippen molar-refractivity contribution >= 4 is 55.2 Å². The third-order valence-corrected chi connectivity index (χ3v) is 6.42. The van der Waals surface area contributed by atoms with Crippen LogP contribution in [0.1, 0.15) is 5.01 Å². The maximum absolute atomic E-state index is 4.79. The van der Waals surface area contributed by atoms with Crippen LogP contribution in [0.4, 0.5) is 11.4 Å². The van der Waals surface area contributed by atoms with Crippen molar-refractivity contribution in [3.8, 4) is 10.6 Å². The van der Waals surface area contributed by atoms with E-state index in [1.807, 2.05) is 18.5 Å². The van der Waals surface area contributed by atoms with Gasteiger partial charge in [-0.3, -0.25) is 0 Å². The lowest BCUT2D eigenvalue weighted by Gasteiger charge is -2.07. The third kappa shape index (κ3) is 3.28. The standard InChI is InChI=1S/C21H19N5S2/c1-26(2)11-20-25-18(12-27-20)19-10-15-17(6-8-23-21(15)28-19)24-14-3-4-16-13(9-14)5-7-22-16/h3-10,12,22H,11H2,1-2H3,(H,23,24). The first-order chi connectivity index (χ1) is 13.7. The Balaban J connectivity index is 1.49. The van der Waals surface area contributed by atoms with Crippen molar-refractivity contribution in [1.82, 2.24) is 19.9 Å². The van der Waals surface area contributed by atoms with Gasteiger partial charge < -0.3 is 15.2 Å². The molecule has 0 saturated heterocycles. The van der Waals surface area contributed by atoms with E-state index in [-0.39, 0.29) is 0 Å². The van der Waals surface area contributed by atoms with Crippen LogP contribution in [-0.2, 0) is 6.54 Å². The van der Waals surface area contributed by atoms with Crippen molar-refractivity contribution in [2.75, 3.05) is 19.4 Å². The van der Waals surface area contributed by atoms with Crippen LogP contribution in [0.15, 0.2) is 54.2 Å². The van der Waals surface area contributed by atoms with E-state index in [0.717, 1.165) is 49.2 Å². The SMILES string of the molecule is CN(C)Cc1nc(-c2cc3c(Nc4ccc5[nH]ccc5c4)ccnc3s2)cs1. The van der Waals surface area contributed by atoms with Crippen LogP contribution in [0.2, 0.25) is 0 Å². The Bertz CT molecular complexity index is 1260. The number of benzene rings is 1. The molecule has 0 saturated carbocycles. The summed E-state index contributed by atoms with van der Waals surface area (Å²) in [4.78, 5) is 16.9. The van der Waals surface area contributed by atoms with E-state index in [1.165, 1.54) is 5.39 Å². The summed E-state index contributed by atoms with van der Waals surface area (Å²) in [5.41, 5.74) is 4.30. The molecule has 5 nitrogen and oxygen atoms in total. The van der Waals surface area contributed by atoms with Gasteiger partial charge in [-0.1, -0.05) is 0 Å². The van der Waals surface area contributed by atoms with Crippen molar-refractivity contribution in [2.24, 2.45) is 0 Å². The fourth-order valence-electron chi connectivity index (χ4n) is 3.23. The quantitative estimate of drug-likeness (QED) is 0.393. The van der Waals surface area contributed by atoms with E-state index < -0.39 is 0 Å². The molecule has 1 aromatic carbocycles. The van der Waals surface area contributed by atoms with E-state index in [2.05, 4.69) is 70.0 Å². The molecule has 0 atom stereocenters. The first-order valence-electron chi connectivity index (χ1n) is 8.98. The number of aromatic nitrogens is 3. The summed E-state index contributed by atoms with van der Waals surface area (Å²) < 4.78 is 0. The molecule has 4 heterocycles. The molecule has 5 rings (SSSR count). The van der Waals surface area contributed by atoms with Gasteiger partial charge in [-0.25, -0.2) is 9.97 Å². The maximum atomic E-state index is 4.79. The van der Waals surface area contributed by atoms with Crippen LogP contribution >= 0.6 is 22.7 Å².